The van der Waals surface area contributed by atoms with E-state index in [-0.39, 0.29) is 11.7 Å². The highest BCUT2D eigenvalue weighted by Gasteiger charge is 2.03. The summed E-state index contributed by atoms with van der Waals surface area (Å²) in [6.07, 6.45) is 6.40. The number of benzene rings is 1. The third-order valence-corrected chi connectivity index (χ3v) is 3.55. The Morgan fingerprint density at radius 1 is 1.00 bits per heavy atom. The van der Waals surface area contributed by atoms with Gasteiger partial charge in [0.25, 0.3) is 0 Å². The molecule has 0 aliphatic rings. The lowest BCUT2D eigenvalue weighted by Gasteiger charge is -2.06. The van der Waals surface area contributed by atoms with Crippen LogP contribution >= 0.6 is 0 Å². The van der Waals surface area contributed by atoms with Crippen LogP contribution in [0.5, 0.6) is 5.75 Å². The summed E-state index contributed by atoms with van der Waals surface area (Å²) in [6.45, 7) is 2.36. The van der Waals surface area contributed by atoms with Crippen LogP contribution in [-0.2, 0) is 16.0 Å². The zero-order valence-corrected chi connectivity index (χ0v) is 13.7. The van der Waals surface area contributed by atoms with Crippen molar-refractivity contribution in [2.75, 3.05) is 13.7 Å². The molecule has 1 aromatic rings. The van der Waals surface area contributed by atoms with Gasteiger partial charge in [-0.3, -0.25) is 4.79 Å². The van der Waals surface area contributed by atoms with Gasteiger partial charge < -0.3 is 14.8 Å². The Bertz CT molecular complexity index is 454. The summed E-state index contributed by atoms with van der Waals surface area (Å²) in [7, 11) is 1.63. The van der Waals surface area contributed by atoms with E-state index in [1.807, 2.05) is 24.3 Å². The Labute approximate surface area is 133 Å². The second-order valence-corrected chi connectivity index (χ2v) is 5.59. The molecule has 0 aliphatic heterocycles. The van der Waals surface area contributed by atoms with Gasteiger partial charge in [0.05, 0.1) is 13.5 Å². The Balaban J connectivity index is 2.04. The van der Waals surface area contributed by atoms with Crippen LogP contribution in [0.3, 0.4) is 0 Å². The van der Waals surface area contributed by atoms with E-state index in [1.165, 1.54) is 0 Å². The summed E-state index contributed by atoms with van der Waals surface area (Å²) >= 11 is 0. The number of unbranched alkanes of at least 4 members (excludes halogenated alkanes) is 4. The molecule has 0 radical (unpaired) electrons. The maximum absolute atomic E-state index is 11.8. The van der Waals surface area contributed by atoms with Crippen molar-refractivity contribution in [1.82, 2.24) is 5.32 Å². The lowest BCUT2D eigenvalue weighted by Crippen LogP contribution is -2.26. The highest BCUT2D eigenvalue weighted by Crippen LogP contribution is 2.11. The molecule has 0 atom stereocenters. The van der Waals surface area contributed by atoms with Gasteiger partial charge in [-0.25, -0.2) is 0 Å². The van der Waals surface area contributed by atoms with E-state index in [9.17, 15) is 9.59 Å². The summed E-state index contributed by atoms with van der Waals surface area (Å²) in [5.74, 6) is 1.13. The molecule has 0 heterocycles. The number of Topliss-reactive ketones (excluding diaryl/α,β-unsaturated/α-hetero) is 1. The van der Waals surface area contributed by atoms with Gasteiger partial charge in [0, 0.05) is 13.0 Å². The Morgan fingerprint density at radius 2 is 1.64 bits per heavy atom. The normalized spacial score (nSPS) is 10.3. The van der Waals surface area contributed by atoms with Crippen molar-refractivity contribution in [3.63, 3.8) is 0 Å². The number of rotatable bonds is 11. The van der Waals surface area contributed by atoms with Crippen molar-refractivity contribution in [1.29, 1.82) is 0 Å². The molecular weight excluding hydrogens is 278 g/mol. The second-order valence-electron chi connectivity index (χ2n) is 5.59. The SMILES string of the molecule is COc1ccc(CC(=O)NCCCCCCCC(C)=O)cc1. The Morgan fingerprint density at radius 3 is 2.27 bits per heavy atom. The van der Waals surface area contributed by atoms with Gasteiger partial charge in [-0.2, -0.15) is 0 Å². The predicted octanol–water partition coefficient (Wildman–Crippen LogP) is 3.28. The molecule has 22 heavy (non-hydrogen) atoms. The van der Waals surface area contributed by atoms with Crippen molar-refractivity contribution in [3.05, 3.63) is 29.8 Å². The third kappa shape index (κ3) is 8.45. The van der Waals surface area contributed by atoms with Crippen molar-refractivity contribution < 1.29 is 14.3 Å². The first-order valence-corrected chi connectivity index (χ1v) is 8.01. The monoisotopic (exact) mass is 305 g/mol. The average Bonchev–Trinajstić information content (AvgIpc) is 2.50. The van der Waals surface area contributed by atoms with E-state index in [4.69, 9.17) is 4.74 Å². The van der Waals surface area contributed by atoms with E-state index in [1.54, 1.807) is 14.0 Å². The molecule has 0 bridgehead atoms. The minimum atomic E-state index is 0.0572. The largest absolute Gasteiger partial charge is 0.497 e. The number of ether oxygens (including phenoxy) is 1. The topological polar surface area (TPSA) is 55.4 Å². The molecule has 122 valence electrons. The minimum absolute atomic E-state index is 0.0572. The molecule has 1 N–H and O–H groups in total. The third-order valence-electron chi connectivity index (χ3n) is 3.55. The molecule has 4 nitrogen and oxygen atoms in total. The van der Waals surface area contributed by atoms with Crippen LogP contribution in [-0.4, -0.2) is 25.3 Å². The molecule has 0 saturated heterocycles. The average molecular weight is 305 g/mol. The number of carbonyl (C=O) groups is 2. The quantitative estimate of drug-likeness (QED) is 0.638. The van der Waals surface area contributed by atoms with Gasteiger partial charge in [0.15, 0.2) is 0 Å². The molecule has 4 heteroatoms. The zero-order chi connectivity index (χ0) is 16.2. The highest BCUT2D eigenvalue weighted by molar-refractivity contribution is 5.78. The maximum Gasteiger partial charge on any atom is 0.224 e. The van der Waals surface area contributed by atoms with Crippen LogP contribution in [0, 0.1) is 0 Å². The van der Waals surface area contributed by atoms with Gasteiger partial charge in [0.1, 0.15) is 11.5 Å². The molecule has 1 aromatic carbocycles. The van der Waals surface area contributed by atoms with Crippen LogP contribution in [0.2, 0.25) is 0 Å². The summed E-state index contributed by atoms with van der Waals surface area (Å²) in [5, 5.41) is 2.94. The van der Waals surface area contributed by atoms with Crippen LogP contribution < -0.4 is 10.1 Å². The number of carbonyl (C=O) groups excluding carboxylic acids is 2. The summed E-state index contributed by atoms with van der Waals surface area (Å²) in [5.41, 5.74) is 0.988. The van der Waals surface area contributed by atoms with Gasteiger partial charge in [-0.05, 0) is 37.5 Å². The summed E-state index contributed by atoms with van der Waals surface area (Å²) in [4.78, 5) is 22.6. The molecular formula is C18H27NO3. The van der Waals surface area contributed by atoms with Crippen molar-refractivity contribution >= 4 is 11.7 Å². The lowest BCUT2D eigenvalue weighted by atomic mass is 10.1. The molecule has 0 aromatic heterocycles. The van der Waals surface area contributed by atoms with E-state index in [2.05, 4.69) is 5.32 Å². The number of hydrogen-bond acceptors (Lipinski definition) is 3. The van der Waals surface area contributed by atoms with E-state index in [0.29, 0.717) is 12.8 Å². The number of amides is 1. The van der Waals surface area contributed by atoms with Crippen LogP contribution in [0.15, 0.2) is 24.3 Å². The Kier molecular flexibility index (Phi) is 8.96. The molecule has 1 amide bonds. The minimum Gasteiger partial charge on any atom is -0.497 e. The molecule has 0 fully saturated rings. The fourth-order valence-corrected chi connectivity index (χ4v) is 2.25. The number of hydrogen-bond donors (Lipinski definition) is 1. The summed E-state index contributed by atoms with van der Waals surface area (Å²) in [6, 6.07) is 7.55. The molecule has 0 spiro atoms. The van der Waals surface area contributed by atoms with Crippen molar-refractivity contribution in [2.45, 2.75) is 51.9 Å². The van der Waals surface area contributed by atoms with Crippen LogP contribution in [0.1, 0.15) is 51.0 Å². The van der Waals surface area contributed by atoms with E-state index >= 15 is 0 Å². The van der Waals surface area contributed by atoms with Gasteiger partial charge in [-0.1, -0.05) is 31.4 Å². The molecule has 0 unspecified atom stereocenters. The number of methoxy groups -OCH3 is 1. The Hall–Kier alpha value is -1.84. The first kappa shape index (κ1) is 18.2. The van der Waals surface area contributed by atoms with E-state index < -0.39 is 0 Å². The molecule has 0 saturated carbocycles. The first-order valence-electron chi connectivity index (χ1n) is 8.01. The van der Waals surface area contributed by atoms with Crippen LogP contribution in [0.25, 0.3) is 0 Å². The smallest absolute Gasteiger partial charge is 0.224 e. The summed E-state index contributed by atoms with van der Waals surface area (Å²) < 4.78 is 5.09. The standard InChI is InChI=1S/C18H27NO3/c1-15(20)8-6-4-3-5-7-13-19-18(21)14-16-9-11-17(22-2)12-10-16/h9-12H,3-8,13-14H2,1-2H3,(H,19,21). The highest BCUT2D eigenvalue weighted by atomic mass is 16.5. The molecule has 1 rings (SSSR count). The predicted molar refractivity (Wildman–Crippen MR) is 88.1 cm³/mol. The van der Waals surface area contributed by atoms with Gasteiger partial charge in [0.2, 0.25) is 5.91 Å². The van der Waals surface area contributed by atoms with Crippen LogP contribution in [0.4, 0.5) is 0 Å². The van der Waals surface area contributed by atoms with E-state index in [0.717, 1.165) is 50.0 Å². The number of nitrogens with one attached hydrogen (secondary N) is 1. The first-order chi connectivity index (χ1) is 10.6. The maximum atomic E-state index is 11.8. The second kappa shape index (κ2) is 10.8. The van der Waals surface area contributed by atoms with Gasteiger partial charge in [-0.15, -0.1) is 0 Å². The zero-order valence-electron chi connectivity index (χ0n) is 13.7. The lowest BCUT2D eigenvalue weighted by molar-refractivity contribution is -0.120. The van der Waals surface area contributed by atoms with Crippen molar-refractivity contribution in [2.24, 2.45) is 0 Å². The fourth-order valence-electron chi connectivity index (χ4n) is 2.25. The number of ketones is 1. The molecule has 0 aliphatic carbocycles. The van der Waals surface area contributed by atoms with Gasteiger partial charge >= 0.3 is 0 Å². The van der Waals surface area contributed by atoms with Crippen molar-refractivity contribution in [3.8, 4) is 5.75 Å². The fraction of sp³-hybridized carbons (Fsp3) is 0.556.